The largest absolute Gasteiger partial charge is 0.306 e. The second-order valence-electron chi connectivity index (χ2n) is 3.34. The second-order valence-corrected chi connectivity index (χ2v) is 4.16. The van der Waals surface area contributed by atoms with Crippen LogP contribution in [0.3, 0.4) is 0 Å². The molecule has 0 bridgehead atoms. The summed E-state index contributed by atoms with van der Waals surface area (Å²) < 4.78 is 0. The fraction of sp³-hybridized carbons (Fsp3) is 0.273. The van der Waals surface area contributed by atoms with Gasteiger partial charge in [-0.25, -0.2) is 0 Å². The van der Waals surface area contributed by atoms with Gasteiger partial charge in [0.15, 0.2) is 0 Å². The molecule has 74 valence electrons. The van der Waals surface area contributed by atoms with Gasteiger partial charge in [0.1, 0.15) is 0 Å². The monoisotopic (exact) mass is 227 g/mol. The van der Waals surface area contributed by atoms with Crippen LogP contribution < -0.4 is 5.32 Å². The van der Waals surface area contributed by atoms with E-state index in [0.29, 0.717) is 16.1 Å². The van der Waals surface area contributed by atoms with Crippen molar-refractivity contribution < 1.29 is 0 Å². The minimum Gasteiger partial charge on any atom is -0.306 e. The summed E-state index contributed by atoms with van der Waals surface area (Å²) in [5.74, 6) is 0. The van der Waals surface area contributed by atoms with E-state index in [1.165, 1.54) is 5.56 Å². The first-order valence-corrected chi connectivity index (χ1v) is 5.36. The van der Waals surface area contributed by atoms with Crippen LogP contribution in [0, 0.1) is 0 Å². The van der Waals surface area contributed by atoms with Crippen LogP contribution in [0.5, 0.6) is 0 Å². The third kappa shape index (κ3) is 2.11. The van der Waals surface area contributed by atoms with Crippen LogP contribution in [0.25, 0.3) is 0 Å². The van der Waals surface area contributed by atoms with Crippen LogP contribution in [0.2, 0.25) is 10.0 Å². The second kappa shape index (κ2) is 4.35. The molecule has 1 aliphatic heterocycles. The number of hydrogen-bond acceptors (Lipinski definition) is 1. The van der Waals surface area contributed by atoms with Gasteiger partial charge < -0.3 is 5.32 Å². The Kier molecular flexibility index (Phi) is 3.12. The zero-order chi connectivity index (χ0) is 9.97. The van der Waals surface area contributed by atoms with Crippen molar-refractivity contribution in [2.24, 2.45) is 0 Å². The number of rotatable bonds is 1. The predicted molar refractivity (Wildman–Crippen MR) is 61.0 cm³/mol. The molecular weight excluding hydrogens is 217 g/mol. The smallest absolute Gasteiger partial charge is 0.0595 e. The number of halogens is 2. The molecule has 1 atom stereocenters. The molecule has 14 heavy (non-hydrogen) atoms. The number of hydrogen-bond donors (Lipinski definition) is 1. The lowest BCUT2D eigenvalue weighted by Gasteiger charge is -2.20. The van der Waals surface area contributed by atoms with Crippen LogP contribution in [0.1, 0.15) is 18.0 Å². The average molecular weight is 228 g/mol. The van der Waals surface area contributed by atoms with Crippen molar-refractivity contribution in [3.8, 4) is 0 Å². The van der Waals surface area contributed by atoms with Crippen molar-refractivity contribution in [3.63, 3.8) is 0 Å². The standard InChI is InChI=1S/C11H11Cl2N/c12-9-5-4-8(7-10(9)13)11-3-1-2-6-14-11/h1-2,4-5,7,11,14H,3,6H2. The Morgan fingerprint density at radius 1 is 1.14 bits per heavy atom. The predicted octanol–water partition coefficient (Wildman–Crippen LogP) is 3.58. The van der Waals surface area contributed by atoms with Crippen molar-refractivity contribution in [1.82, 2.24) is 5.32 Å². The summed E-state index contributed by atoms with van der Waals surface area (Å²) >= 11 is 11.8. The zero-order valence-electron chi connectivity index (χ0n) is 7.63. The van der Waals surface area contributed by atoms with E-state index < -0.39 is 0 Å². The Labute approximate surface area is 93.7 Å². The molecule has 0 amide bonds. The molecule has 0 aliphatic carbocycles. The molecule has 1 nitrogen and oxygen atoms in total. The van der Waals surface area contributed by atoms with E-state index in [9.17, 15) is 0 Å². The van der Waals surface area contributed by atoms with Gasteiger partial charge in [-0.15, -0.1) is 0 Å². The molecule has 0 radical (unpaired) electrons. The highest BCUT2D eigenvalue weighted by Gasteiger charge is 2.12. The fourth-order valence-electron chi connectivity index (χ4n) is 1.59. The van der Waals surface area contributed by atoms with Crippen molar-refractivity contribution in [3.05, 3.63) is 46.0 Å². The summed E-state index contributed by atoms with van der Waals surface area (Å²) in [5.41, 5.74) is 1.20. The van der Waals surface area contributed by atoms with Gasteiger partial charge in [-0.3, -0.25) is 0 Å². The van der Waals surface area contributed by atoms with Crippen LogP contribution >= 0.6 is 23.2 Å². The van der Waals surface area contributed by atoms with Crippen molar-refractivity contribution in [2.75, 3.05) is 6.54 Å². The summed E-state index contributed by atoms with van der Waals surface area (Å²) in [6.45, 7) is 0.922. The molecule has 1 unspecified atom stereocenters. The van der Waals surface area contributed by atoms with Gasteiger partial charge in [-0.05, 0) is 24.1 Å². The molecule has 1 aromatic carbocycles. The first kappa shape index (κ1) is 10.0. The summed E-state index contributed by atoms with van der Waals surface area (Å²) in [6.07, 6.45) is 5.33. The van der Waals surface area contributed by atoms with Crippen LogP contribution in [0.4, 0.5) is 0 Å². The first-order valence-electron chi connectivity index (χ1n) is 4.60. The summed E-state index contributed by atoms with van der Waals surface area (Å²) in [4.78, 5) is 0. The quantitative estimate of drug-likeness (QED) is 0.724. The highest BCUT2D eigenvalue weighted by Crippen LogP contribution is 2.27. The molecule has 0 spiro atoms. The van der Waals surface area contributed by atoms with Crippen molar-refractivity contribution in [1.29, 1.82) is 0 Å². The maximum Gasteiger partial charge on any atom is 0.0595 e. The maximum absolute atomic E-state index is 5.96. The first-order chi connectivity index (χ1) is 6.77. The third-order valence-corrected chi connectivity index (χ3v) is 3.11. The van der Waals surface area contributed by atoms with E-state index in [4.69, 9.17) is 23.2 Å². The molecule has 0 saturated heterocycles. The lowest BCUT2D eigenvalue weighted by molar-refractivity contribution is 0.555. The van der Waals surface area contributed by atoms with E-state index >= 15 is 0 Å². The van der Waals surface area contributed by atoms with Gasteiger partial charge in [0.2, 0.25) is 0 Å². The van der Waals surface area contributed by atoms with Gasteiger partial charge in [0.05, 0.1) is 10.0 Å². The summed E-state index contributed by atoms with van der Waals surface area (Å²) in [5, 5.41) is 4.63. The highest BCUT2D eigenvalue weighted by molar-refractivity contribution is 6.42. The van der Waals surface area contributed by atoms with E-state index in [1.807, 2.05) is 18.2 Å². The normalized spacial score (nSPS) is 21.1. The minimum absolute atomic E-state index is 0.370. The van der Waals surface area contributed by atoms with Crippen molar-refractivity contribution >= 4 is 23.2 Å². The van der Waals surface area contributed by atoms with E-state index in [1.54, 1.807) is 0 Å². The van der Waals surface area contributed by atoms with Gasteiger partial charge in [0, 0.05) is 12.6 Å². The molecule has 0 aromatic heterocycles. The van der Waals surface area contributed by atoms with E-state index in [0.717, 1.165) is 13.0 Å². The molecule has 1 heterocycles. The highest BCUT2D eigenvalue weighted by atomic mass is 35.5. The molecule has 2 rings (SSSR count). The summed E-state index contributed by atoms with van der Waals surface area (Å²) in [6, 6.07) is 6.17. The molecule has 0 saturated carbocycles. The topological polar surface area (TPSA) is 12.0 Å². The molecule has 1 aromatic rings. The Bertz CT molecular complexity index is 360. The zero-order valence-corrected chi connectivity index (χ0v) is 9.15. The molecule has 0 fully saturated rings. The van der Waals surface area contributed by atoms with Gasteiger partial charge in [-0.1, -0.05) is 41.4 Å². The molecule has 1 aliphatic rings. The Morgan fingerprint density at radius 3 is 2.64 bits per heavy atom. The van der Waals surface area contributed by atoms with E-state index in [2.05, 4.69) is 17.5 Å². The van der Waals surface area contributed by atoms with Crippen molar-refractivity contribution in [2.45, 2.75) is 12.5 Å². The lowest BCUT2D eigenvalue weighted by atomic mass is 10.0. The Morgan fingerprint density at radius 2 is 2.00 bits per heavy atom. The van der Waals surface area contributed by atoms with Crippen LogP contribution in [-0.4, -0.2) is 6.54 Å². The van der Waals surface area contributed by atoms with Gasteiger partial charge in [0.25, 0.3) is 0 Å². The maximum atomic E-state index is 5.96. The fourth-order valence-corrected chi connectivity index (χ4v) is 1.90. The molecule has 3 heteroatoms. The lowest BCUT2D eigenvalue weighted by Crippen LogP contribution is -2.23. The van der Waals surface area contributed by atoms with Gasteiger partial charge in [-0.2, -0.15) is 0 Å². The van der Waals surface area contributed by atoms with Crippen LogP contribution in [-0.2, 0) is 0 Å². The molecule has 1 N–H and O–H groups in total. The third-order valence-electron chi connectivity index (χ3n) is 2.37. The van der Waals surface area contributed by atoms with Gasteiger partial charge >= 0.3 is 0 Å². The van der Waals surface area contributed by atoms with Crippen LogP contribution in [0.15, 0.2) is 30.4 Å². The Hall–Kier alpha value is -0.500. The summed E-state index contributed by atoms with van der Waals surface area (Å²) in [7, 11) is 0. The van der Waals surface area contributed by atoms with E-state index in [-0.39, 0.29) is 0 Å². The molecular formula is C11H11Cl2N. The number of benzene rings is 1. The Balaban J connectivity index is 2.23. The number of nitrogens with one attached hydrogen (secondary N) is 1. The minimum atomic E-state index is 0.370. The average Bonchev–Trinajstić information content (AvgIpc) is 2.23. The SMILES string of the molecule is Clc1ccc(C2CC=CCN2)cc1Cl.